The molecule has 0 bridgehead atoms. The van der Waals surface area contributed by atoms with Gasteiger partial charge in [0, 0.05) is 3.57 Å². The number of rotatable bonds is 7. The average molecular weight is 549 g/mol. The van der Waals surface area contributed by atoms with Crippen molar-refractivity contribution >= 4 is 61.5 Å². The molecule has 0 atom stereocenters. The normalized spacial score (nSPS) is 13.2. The summed E-state index contributed by atoms with van der Waals surface area (Å²) in [5.41, 5.74) is 0.800. The number of halogens is 1. The third kappa shape index (κ3) is 7.55. The first-order valence-electron chi connectivity index (χ1n) is 8.77. The van der Waals surface area contributed by atoms with Crippen molar-refractivity contribution in [3.05, 3.63) is 26.8 Å². The number of nitrogens with zero attached hydrogens (tertiary/aromatic N) is 2. The maximum atomic E-state index is 9.37. The first kappa shape index (κ1) is 24.7. The minimum atomic E-state index is -2.46. The van der Waals surface area contributed by atoms with Crippen molar-refractivity contribution in [1.82, 2.24) is 0 Å². The molecule has 27 heavy (non-hydrogen) atoms. The number of nitriles is 2. The minimum absolute atomic E-state index is 0.397. The van der Waals surface area contributed by atoms with Crippen LogP contribution in [-0.2, 0) is 12.3 Å². The quantitative estimate of drug-likeness (QED) is 0.364. The molecule has 0 aliphatic rings. The van der Waals surface area contributed by atoms with Gasteiger partial charge in [-0.05, 0) is 98.8 Å². The van der Waals surface area contributed by atoms with Crippen molar-refractivity contribution in [2.45, 2.75) is 58.9 Å². The Hall–Kier alpha value is -0.322. The molecule has 0 saturated heterocycles. The highest BCUT2D eigenvalue weighted by Crippen LogP contribution is 2.25. The predicted molar refractivity (Wildman–Crippen MR) is 127 cm³/mol. The molecule has 0 N–H and O–H groups in total. The molecule has 0 radical (unpaired) electrons. The smallest absolute Gasteiger partial charge is 0.312 e. The molecule has 0 saturated carbocycles. The van der Waals surface area contributed by atoms with Gasteiger partial charge >= 0.3 is 17.1 Å². The lowest BCUT2D eigenvalue weighted by atomic mass is 10.1. The third-order valence-corrected chi connectivity index (χ3v) is 19.0. The Morgan fingerprint density at radius 1 is 0.741 bits per heavy atom. The monoisotopic (exact) mass is 548 g/mol. The van der Waals surface area contributed by atoms with Gasteiger partial charge in [-0.15, -0.1) is 0 Å². The molecule has 0 spiro atoms. The van der Waals surface area contributed by atoms with E-state index in [1.807, 2.05) is 6.07 Å². The fourth-order valence-corrected chi connectivity index (χ4v) is 23.9. The molecule has 0 amide bonds. The van der Waals surface area contributed by atoms with Crippen molar-refractivity contribution in [1.29, 1.82) is 10.5 Å². The van der Waals surface area contributed by atoms with Crippen LogP contribution in [0.25, 0.3) is 0 Å². The molecule has 1 rings (SSSR count). The summed E-state index contributed by atoms with van der Waals surface area (Å²) in [6.45, 7) is 19.0. The Morgan fingerprint density at radius 3 is 1.63 bits per heavy atom. The van der Waals surface area contributed by atoms with E-state index in [0.29, 0.717) is 11.1 Å². The van der Waals surface area contributed by atoms with E-state index in [1.165, 1.54) is 0 Å². The van der Waals surface area contributed by atoms with E-state index in [2.05, 4.69) is 93.7 Å². The Morgan fingerprint density at radius 2 is 1.19 bits per heavy atom. The van der Waals surface area contributed by atoms with Gasteiger partial charge in [0.25, 0.3) is 0 Å². The van der Waals surface area contributed by atoms with Crippen molar-refractivity contribution in [3.63, 3.8) is 0 Å². The molecular weight excluding hydrogens is 519 g/mol. The lowest BCUT2D eigenvalue weighted by Gasteiger charge is -2.40. The second-order valence-corrected chi connectivity index (χ2v) is 25.8. The number of benzene rings is 1. The zero-order valence-electron chi connectivity index (χ0n) is 17.7. The molecule has 148 valence electrons. The molecule has 10 heteroatoms. The van der Waals surface area contributed by atoms with E-state index in [1.54, 1.807) is 6.07 Å². The summed E-state index contributed by atoms with van der Waals surface area (Å²) in [5, 5.41) is 19.6. The second-order valence-electron chi connectivity index (χ2n) is 8.83. The SMILES string of the molecule is C[Si](C)(C)O[Si](C)(C)O[Si](C)(C)O[Si](C)(C)c1cc(C#N)c(C#N)cc1I. The summed E-state index contributed by atoms with van der Waals surface area (Å²) in [5.74, 6) is 0. The summed E-state index contributed by atoms with van der Waals surface area (Å²) < 4.78 is 20.4. The first-order valence-corrected chi connectivity index (χ1v) is 21.8. The second kappa shape index (κ2) is 8.59. The van der Waals surface area contributed by atoms with Crippen LogP contribution in [0.15, 0.2) is 12.1 Å². The molecule has 0 aromatic heterocycles. The van der Waals surface area contributed by atoms with Gasteiger partial charge in [-0.3, -0.25) is 0 Å². The van der Waals surface area contributed by atoms with Gasteiger partial charge in [0.1, 0.15) is 12.1 Å². The van der Waals surface area contributed by atoms with Crippen molar-refractivity contribution < 1.29 is 12.3 Å². The Labute approximate surface area is 181 Å². The Bertz CT molecular complexity index is 793. The number of hydrogen-bond acceptors (Lipinski definition) is 5. The molecule has 0 heterocycles. The lowest BCUT2D eigenvalue weighted by molar-refractivity contribution is 0.332. The summed E-state index contributed by atoms with van der Waals surface area (Å²) in [7, 11) is -8.81. The lowest BCUT2D eigenvalue weighted by Crippen LogP contribution is -2.59. The Kier molecular flexibility index (Phi) is 7.86. The molecule has 0 aliphatic carbocycles. The first-order chi connectivity index (χ1) is 12.0. The molecule has 0 aliphatic heterocycles. The molecule has 1 aromatic rings. The van der Waals surface area contributed by atoms with Crippen molar-refractivity contribution in [2.24, 2.45) is 0 Å². The summed E-state index contributed by atoms with van der Waals surface area (Å²) in [4.78, 5) is 0. The van der Waals surface area contributed by atoms with Crippen LogP contribution in [0.2, 0.25) is 58.9 Å². The fourth-order valence-electron chi connectivity index (χ4n) is 3.26. The van der Waals surface area contributed by atoms with Crippen molar-refractivity contribution in [2.75, 3.05) is 0 Å². The van der Waals surface area contributed by atoms with Crippen LogP contribution < -0.4 is 5.19 Å². The largest absolute Gasteiger partial charge is 0.437 e. The van der Waals surface area contributed by atoms with E-state index >= 15 is 0 Å². The summed E-state index contributed by atoms with van der Waals surface area (Å²) in [6.07, 6.45) is 0. The highest BCUT2D eigenvalue weighted by Gasteiger charge is 2.43. The fraction of sp³-hybridized carbons (Fsp3) is 0.529. The van der Waals surface area contributed by atoms with Gasteiger partial charge in [0.2, 0.25) is 8.32 Å². The van der Waals surface area contributed by atoms with Crippen LogP contribution in [-0.4, -0.2) is 33.8 Å². The predicted octanol–water partition coefficient (Wildman–Crippen LogP) is 4.73. The van der Waals surface area contributed by atoms with Crippen LogP contribution >= 0.6 is 22.6 Å². The van der Waals surface area contributed by atoms with Crippen LogP contribution in [0.3, 0.4) is 0 Å². The van der Waals surface area contributed by atoms with Gasteiger partial charge in [-0.1, -0.05) is 0 Å². The van der Waals surface area contributed by atoms with Crippen LogP contribution in [0.5, 0.6) is 0 Å². The minimum Gasteiger partial charge on any atom is -0.437 e. The van der Waals surface area contributed by atoms with Crippen LogP contribution in [0.4, 0.5) is 0 Å². The van der Waals surface area contributed by atoms with Gasteiger partial charge < -0.3 is 12.3 Å². The van der Waals surface area contributed by atoms with Gasteiger partial charge in [-0.2, -0.15) is 10.5 Å². The molecule has 0 unspecified atom stereocenters. The highest BCUT2D eigenvalue weighted by atomic mass is 127. The van der Waals surface area contributed by atoms with E-state index in [9.17, 15) is 10.5 Å². The third-order valence-electron chi connectivity index (χ3n) is 3.54. The maximum absolute atomic E-state index is 9.37. The van der Waals surface area contributed by atoms with E-state index in [0.717, 1.165) is 8.76 Å². The zero-order valence-corrected chi connectivity index (χ0v) is 23.8. The standard InChI is InChI=1S/C17H29IN2O3Si4/c1-24(2,3)21-26(6,7)23-27(8,9)22-25(4,5)17-11-15(13-20)14(12-19)10-16(17)18/h10-11H,1-9H3. The van der Waals surface area contributed by atoms with E-state index in [-0.39, 0.29) is 0 Å². The van der Waals surface area contributed by atoms with E-state index < -0.39 is 33.8 Å². The highest BCUT2D eigenvalue weighted by molar-refractivity contribution is 14.1. The number of hydrogen-bond donors (Lipinski definition) is 0. The molecular formula is C17H29IN2O3Si4. The molecule has 1 aromatic carbocycles. The zero-order chi connectivity index (χ0) is 21.3. The van der Waals surface area contributed by atoms with Gasteiger partial charge in [0.15, 0.2) is 8.32 Å². The Balaban J connectivity index is 3.16. The summed E-state index contributed by atoms with van der Waals surface area (Å²) in [6, 6.07) is 7.81. The molecule has 5 nitrogen and oxygen atoms in total. The average Bonchev–Trinajstić information content (AvgIpc) is 2.40. The molecule has 0 fully saturated rings. The maximum Gasteiger partial charge on any atom is 0.312 e. The topological polar surface area (TPSA) is 75.3 Å². The van der Waals surface area contributed by atoms with Crippen LogP contribution in [0.1, 0.15) is 11.1 Å². The van der Waals surface area contributed by atoms with Gasteiger partial charge in [0.05, 0.1) is 11.1 Å². The van der Waals surface area contributed by atoms with Crippen LogP contribution in [0, 0.1) is 26.2 Å². The van der Waals surface area contributed by atoms with E-state index in [4.69, 9.17) is 12.3 Å². The van der Waals surface area contributed by atoms with Gasteiger partial charge in [-0.25, -0.2) is 0 Å². The summed E-state index contributed by atoms with van der Waals surface area (Å²) >= 11 is 2.22. The van der Waals surface area contributed by atoms with Crippen molar-refractivity contribution in [3.8, 4) is 12.1 Å².